The predicted octanol–water partition coefficient (Wildman–Crippen LogP) is 3.06. The number of aliphatic hydroxyl groups is 1. The fourth-order valence-electron chi connectivity index (χ4n) is 3.58. The van der Waals surface area contributed by atoms with Gasteiger partial charge in [-0.25, -0.2) is 0 Å². The lowest BCUT2D eigenvalue weighted by molar-refractivity contribution is -0.178. The lowest BCUT2D eigenvalue weighted by Gasteiger charge is -2.48. The second-order valence-corrected chi connectivity index (χ2v) is 6.27. The van der Waals surface area contributed by atoms with E-state index in [1.54, 1.807) is 6.92 Å². The van der Waals surface area contributed by atoms with E-state index in [-0.39, 0.29) is 0 Å². The first-order chi connectivity index (χ1) is 7.75. The maximum Gasteiger partial charge on any atom is 0.312 e. The zero-order valence-corrected chi connectivity index (χ0v) is 11.5. The lowest BCUT2D eigenvalue weighted by atomic mass is 9.60. The summed E-state index contributed by atoms with van der Waals surface area (Å²) >= 11 is 0. The Morgan fingerprint density at radius 3 is 2.18 bits per heavy atom. The van der Waals surface area contributed by atoms with Crippen molar-refractivity contribution in [2.45, 2.75) is 65.4 Å². The zero-order chi connectivity index (χ0) is 13.3. The van der Waals surface area contributed by atoms with Crippen molar-refractivity contribution in [1.29, 1.82) is 0 Å². The van der Waals surface area contributed by atoms with Crippen LogP contribution >= 0.6 is 0 Å². The van der Waals surface area contributed by atoms with Gasteiger partial charge in [0.1, 0.15) is 0 Å². The van der Waals surface area contributed by atoms with Gasteiger partial charge in [0, 0.05) is 0 Å². The molecular formula is C14H26O3. The largest absolute Gasteiger partial charge is 0.481 e. The first kappa shape index (κ1) is 14.5. The second-order valence-electron chi connectivity index (χ2n) is 6.27. The van der Waals surface area contributed by atoms with Crippen LogP contribution in [0, 0.1) is 17.3 Å². The molecule has 100 valence electrons. The van der Waals surface area contributed by atoms with E-state index in [4.69, 9.17) is 0 Å². The summed E-state index contributed by atoms with van der Waals surface area (Å²) in [5.41, 5.74) is -2.06. The van der Waals surface area contributed by atoms with Crippen LogP contribution in [-0.2, 0) is 4.79 Å². The molecule has 0 aliphatic heterocycles. The molecule has 0 aromatic heterocycles. The number of carboxylic acid groups (broad SMARTS) is 1. The Hall–Kier alpha value is -0.570. The quantitative estimate of drug-likeness (QED) is 0.796. The van der Waals surface area contributed by atoms with Crippen LogP contribution in [0.3, 0.4) is 0 Å². The van der Waals surface area contributed by atoms with Gasteiger partial charge in [-0.3, -0.25) is 4.79 Å². The van der Waals surface area contributed by atoms with E-state index in [1.807, 2.05) is 6.92 Å². The SMILES string of the molecule is CCCC(C)(C(=O)O)C1(O)CC(C)CC(C)C1. The van der Waals surface area contributed by atoms with Crippen molar-refractivity contribution in [3.8, 4) is 0 Å². The minimum atomic E-state index is -1.05. The molecule has 0 aromatic rings. The van der Waals surface area contributed by atoms with E-state index in [0.29, 0.717) is 31.1 Å². The summed E-state index contributed by atoms with van der Waals surface area (Å²) in [6.45, 7) is 7.90. The minimum absolute atomic E-state index is 0.402. The Morgan fingerprint density at radius 2 is 1.82 bits per heavy atom. The van der Waals surface area contributed by atoms with Crippen LogP contribution < -0.4 is 0 Å². The number of hydrogen-bond donors (Lipinski definition) is 2. The third-order valence-corrected chi connectivity index (χ3v) is 4.43. The van der Waals surface area contributed by atoms with Gasteiger partial charge in [-0.05, 0) is 44.4 Å². The molecular weight excluding hydrogens is 216 g/mol. The highest BCUT2D eigenvalue weighted by molar-refractivity contribution is 5.76. The van der Waals surface area contributed by atoms with Gasteiger partial charge in [0.25, 0.3) is 0 Å². The van der Waals surface area contributed by atoms with Gasteiger partial charge in [-0.15, -0.1) is 0 Å². The molecule has 0 bridgehead atoms. The number of carbonyl (C=O) groups is 1. The minimum Gasteiger partial charge on any atom is -0.481 e. The van der Waals surface area contributed by atoms with Crippen LogP contribution in [0.2, 0.25) is 0 Å². The van der Waals surface area contributed by atoms with Gasteiger partial charge in [-0.1, -0.05) is 27.2 Å². The van der Waals surface area contributed by atoms with E-state index in [2.05, 4.69) is 13.8 Å². The molecule has 0 heterocycles. The van der Waals surface area contributed by atoms with Crippen LogP contribution in [0.25, 0.3) is 0 Å². The molecule has 3 nitrogen and oxygen atoms in total. The van der Waals surface area contributed by atoms with Gasteiger partial charge < -0.3 is 10.2 Å². The molecule has 17 heavy (non-hydrogen) atoms. The van der Waals surface area contributed by atoms with Crippen LogP contribution in [0.1, 0.15) is 59.8 Å². The molecule has 1 aliphatic rings. The first-order valence-electron chi connectivity index (χ1n) is 6.71. The summed E-state index contributed by atoms with van der Waals surface area (Å²) in [6, 6.07) is 0. The van der Waals surface area contributed by atoms with Crippen LogP contribution in [0.4, 0.5) is 0 Å². The Kier molecular flexibility index (Phi) is 4.23. The number of aliphatic carboxylic acids is 1. The Morgan fingerprint density at radius 1 is 1.35 bits per heavy atom. The summed E-state index contributed by atoms with van der Waals surface area (Å²) < 4.78 is 0. The summed E-state index contributed by atoms with van der Waals surface area (Å²) in [5, 5.41) is 20.3. The summed E-state index contributed by atoms with van der Waals surface area (Å²) in [4.78, 5) is 11.6. The second kappa shape index (κ2) is 4.97. The topological polar surface area (TPSA) is 57.5 Å². The average Bonchev–Trinajstić information content (AvgIpc) is 2.14. The highest BCUT2D eigenvalue weighted by atomic mass is 16.4. The molecule has 3 heteroatoms. The van der Waals surface area contributed by atoms with Crippen molar-refractivity contribution in [3.63, 3.8) is 0 Å². The third-order valence-electron chi connectivity index (χ3n) is 4.43. The van der Waals surface area contributed by atoms with Crippen molar-refractivity contribution in [2.24, 2.45) is 17.3 Å². The van der Waals surface area contributed by atoms with Gasteiger partial charge in [0.15, 0.2) is 0 Å². The Bertz CT molecular complexity index is 277. The molecule has 0 radical (unpaired) electrons. The van der Waals surface area contributed by atoms with Crippen molar-refractivity contribution in [2.75, 3.05) is 0 Å². The van der Waals surface area contributed by atoms with E-state index < -0.39 is 17.0 Å². The highest BCUT2D eigenvalue weighted by Crippen LogP contribution is 2.48. The van der Waals surface area contributed by atoms with E-state index >= 15 is 0 Å². The van der Waals surface area contributed by atoms with Gasteiger partial charge in [0.2, 0.25) is 0 Å². The summed E-state index contributed by atoms with van der Waals surface area (Å²) in [6.07, 6.45) is 3.64. The predicted molar refractivity (Wildman–Crippen MR) is 67.8 cm³/mol. The molecule has 1 rings (SSSR count). The molecule has 0 saturated heterocycles. The van der Waals surface area contributed by atoms with Crippen molar-refractivity contribution < 1.29 is 15.0 Å². The normalized spacial score (nSPS) is 37.5. The number of carboxylic acids is 1. The summed E-state index contributed by atoms with van der Waals surface area (Å²) in [7, 11) is 0. The van der Waals surface area contributed by atoms with Gasteiger partial charge in [0.05, 0.1) is 11.0 Å². The van der Waals surface area contributed by atoms with E-state index in [0.717, 1.165) is 12.8 Å². The first-order valence-corrected chi connectivity index (χ1v) is 6.71. The Balaban J connectivity index is 3.03. The van der Waals surface area contributed by atoms with Gasteiger partial charge >= 0.3 is 5.97 Å². The maximum absolute atomic E-state index is 11.6. The fraction of sp³-hybridized carbons (Fsp3) is 0.929. The number of hydrogen-bond acceptors (Lipinski definition) is 2. The van der Waals surface area contributed by atoms with Crippen LogP contribution in [-0.4, -0.2) is 21.8 Å². The molecule has 1 fully saturated rings. The molecule has 1 aliphatic carbocycles. The molecule has 1 saturated carbocycles. The number of rotatable bonds is 4. The smallest absolute Gasteiger partial charge is 0.312 e. The van der Waals surface area contributed by atoms with Crippen molar-refractivity contribution in [3.05, 3.63) is 0 Å². The standard InChI is InChI=1S/C14H26O3/c1-5-6-13(4,12(15)16)14(17)8-10(2)7-11(3)9-14/h10-11,17H,5-9H2,1-4H3,(H,15,16). The van der Waals surface area contributed by atoms with Crippen molar-refractivity contribution in [1.82, 2.24) is 0 Å². The van der Waals surface area contributed by atoms with Crippen LogP contribution in [0.5, 0.6) is 0 Å². The summed E-state index contributed by atoms with van der Waals surface area (Å²) in [5.74, 6) is -0.0540. The van der Waals surface area contributed by atoms with Crippen molar-refractivity contribution >= 4 is 5.97 Å². The maximum atomic E-state index is 11.6. The molecule has 0 spiro atoms. The fourth-order valence-corrected chi connectivity index (χ4v) is 3.58. The zero-order valence-electron chi connectivity index (χ0n) is 11.5. The third kappa shape index (κ3) is 2.65. The molecule has 0 amide bonds. The van der Waals surface area contributed by atoms with E-state index in [1.165, 1.54) is 0 Å². The monoisotopic (exact) mass is 242 g/mol. The van der Waals surface area contributed by atoms with Crippen LogP contribution in [0.15, 0.2) is 0 Å². The molecule has 2 N–H and O–H groups in total. The van der Waals surface area contributed by atoms with Gasteiger partial charge in [-0.2, -0.15) is 0 Å². The average molecular weight is 242 g/mol. The van der Waals surface area contributed by atoms with E-state index in [9.17, 15) is 15.0 Å². The Labute approximate surface area is 104 Å². The lowest BCUT2D eigenvalue weighted by Crippen LogP contribution is -2.55. The molecule has 0 aromatic carbocycles. The molecule has 3 atom stereocenters. The highest BCUT2D eigenvalue weighted by Gasteiger charge is 2.54. The molecule has 3 unspecified atom stereocenters.